The quantitative estimate of drug-likeness (QED) is 0.605. The molecule has 1 amide bonds. The van der Waals surface area contributed by atoms with Gasteiger partial charge in [-0.2, -0.15) is 0 Å². The molecule has 3 atom stereocenters. The number of thiophene rings is 1. The molecule has 1 saturated heterocycles. The summed E-state index contributed by atoms with van der Waals surface area (Å²) < 4.78 is 18.8. The van der Waals surface area contributed by atoms with E-state index in [4.69, 9.17) is 19.9 Å². The predicted octanol–water partition coefficient (Wildman–Crippen LogP) is 3.26. The summed E-state index contributed by atoms with van der Waals surface area (Å²) in [4.78, 5) is 17.3. The minimum Gasteiger partial charge on any atom is -0.493 e. The third-order valence-corrected chi connectivity index (χ3v) is 9.24. The fourth-order valence-corrected chi connectivity index (χ4v) is 7.57. The van der Waals surface area contributed by atoms with Gasteiger partial charge in [0.2, 0.25) is 11.5 Å². The van der Waals surface area contributed by atoms with Crippen LogP contribution >= 0.6 is 11.3 Å². The van der Waals surface area contributed by atoms with Gasteiger partial charge in [0.15, 0.2) is 11.5 Å². The SMILES string of the molecule is COc1cc(C(=O)N(Cc2cc3c(s2)=CCCC=3)C[C@@H]2CC3(N)CCCCC3N2)cc2c1OC(C)(C)O2. The summed E-state index contributed by atoms with van der Waals surface area (Å²) >= 11 is 1.79. The van der Waals surface area contributed by atoms with Gasteiger partial charge in [0, 0.05) is 53.0 Å². The molecule has 7 nitrogen and oxygen atoms in total. The van der Waals surface area contributed by atoms with Gasteiger partial charge in [0.05, 0.1) is 13.7 Å². The van der Waals surface area contributed by atoms with Crippen LogP contribution in [0, 0.1) is 0 Å². The van der Waals surface area contributed by atoms with Crippen molar-refractivity contribution in [1.82, 2.24) is 10.2 Å². The average Bonchev–Trinajstić information content (AvgIpc) is 3.52. The topological polar surface area (TPSA) is 86.1 Å². The zero-order valence-electron chi connectivity index (χ0n) is 22.0. The second-order valence-electron chi connectivity index (χ2n) is 11.4. The number of benzene rings is 1. The van der Waals surface area contributed by atoms with Crippen LogP contribution in [0.2, 0.25) is 0 Å². The molecule has 3 heterocycles. The van der Waals surface area contributed by atoms with Crippen molar-refractivity contribution in [2.45, 2.75) is 88.7 Å². The Balaban J connectivity index is 1.31. The van der Waals surface area contributed by atoms with Gasteiger partial charge in [-0.25, -0.2) is 0 Å². The molecule has 1 saturated carbocycles. The van der Waals surface area contributed by atoms with Crippen LogP contribution in [0.1, 0.15) is 74.0 Å². The van der Waals surface area contributed by atoms with E-state index in [9.17, 15) is 4.79 Å². The second-order valence-corrected chi connectivity index (χ2v) is 12.6. The molecule has 2 aliphatic heterocycles. The largest absolute Gasteiger partial charge is 0.493 e. The molecule has 6 rings (SSSR count). The highest BCUT2D eigenvalue weighted by atomic mass is 32.1. The highest BCUT2D eigenvalue weighted by Gasteiger charge is 2.46. The lowest BCUT2D eigenvalue weighted by Crippen LogP contribution is -2.52. The highest BCUT2D eigenvalue weighted by Crippen LogP contribution is 2.47. The molecule has 2 aliphatic carbocycles. The number of nitrogens with zero attached hydrogens (tertiary/aromatic N) is 1. The van der Waals surface area contributed by atoms with E-state index in [0.29, 0.717) is 41.9 Å². The summed E-state index contributed by atoms with van der Waals surface area (Å²) in [5.41, 5.74) is 7.21. The van der Waals surface area contributed by atoms with Crippen molar-refractivity contribution < 1.29 is 19.0 Å². The lowest BCUT2D eigenvalue weighted by Gasteiger charge is -2.35. The molecule has 2 unspecified atom stereocenters. The maximum Gasteiger partial charge on any atom is 0.254 e. The van der Waals surface area contributed by atoms with Gasteiger partial charge >= 0.3 is 0 Å². The number of carbonyl (C=O) groups is 1. The normalized spacial score (nSPS) is 27.0. The van der Waals surface area contributed by atoms with Crippen LogP contribution in [-0.4, -0.2) is 47.9 Å². The van der Waals surface area contributed by atoms with Crippen molar-refractivity contribution in [3.63, 3.8) is 0 Å². The third kappa shape index (κ3) is 4.75. The number of methoxy groups -OCH3 is 1. The maximum absolute atomic E-state index is 14.1. The van der Waals surface area contributed by atoms with Crippen molar-refractivity contribution in [3.8, 4) is 17.2 Å². The number of hydrogen-bond donors (Lipinski definition) is 2. The van der Waals surface area contributed by atoms with Gasteiger partial charge in [-0.1, -0.05) is 25.0 Å². The van der Waals surface area contributed by atoms with E-state index in [2.05, 4.69) is 23.5 Å². The van der Waals surface area contributed by atoms with Crippen molar-refractivity contribution >= 4 is 29.4 Å². The van der Waals surface area contributed by atoms with E-state index in [0.717, 1.165) is 32.1 Å². The van der Waals surface area contributed by atoms with Crippen LogP contribution in [0.15, 0.2) is 18.2 Å². The summed E-state index contributed by atoms with van der Waals surface area (Å²) in [6.45, 7) is 4.86. The monoisotopic (exact) mass is 523 g/mol. The molecule has 37 heavy (non-hydrogen) atoms. The number of nitrogens with one attached hydrogen (secondary N) is 1. The van der Waals surface area contributed by atoms with Gasteiger partial charge in [-0.05, 0) is 55.5 Å². The molecule has 1 aromatic heterocycles. The van der Waals surface area contributed by atoms with Gasteiger partial charge in [0.1, 0.15) is 0 Å². The summed E-state index contributed by atoms with van der Waals surface area (Å²) in [5.74, 6) is 0.734. The Morgan fingerprint density at radius 1 is 1.22 bits per heavy atom. The fourth-order valence-electron chi connectivity index (χ4n) is 6.42. The summed E-state index contributed by atoms with van der Waals surface area (Å²) in [7, 11) is 1.59. The predicted molar refractivity (Wildman–Crippen MR) is 146 cm³/mol. The Hall–Kier alpha value is -2.55. The molecule has 8 heteroatoms. The first-order chi connectivity index (χ1) is 17.7. The second kappa shape index (κ2) is 9.33. The third-order valence-electron chi connectivity index (χ3n) is 8.11. The van der Waals surface area contributed by atoms with Crippen molar-refractivity contribution in [1.29, 1.82) is 0 Å². The molecule has 3 N–H and O–H groups in total. The zero-order valence-corrected chi connectivity index (χ0v) is 22.8. The van der Waals surface area contributed by atoms with Crippen LogP contribution in [-0.2, 0) is 6.54 Å². The molecule has 2 aromatic rings. The molecular formula is C29H37N3O4S. The number of fused-ring (bicyclic) bond motifs is 3. The number of carbonyl (C=O) groups excluding carboxylic acids is 1. The highest BCUT2D eigenvalue weighted by molar-refractivity contribution is 7.09. The van der Waals surface area contributed by atoms with Crippen molar-refractivity contribution in [3.05, 3.63) is 38.4 Å². The van der Waals surface area contributed by atoms with E-state index in [1.165, 1.54) is 27.5 Å². The Kier molecular flexibility index (Phi) is 6.24. The molecule has 1 aromatic carbocycles. The minimum absolute atomic E-state index is 0.0449. The smallest absolute Gasteiger partial charge is 0.254 e. The molecule has 198 valence electrons. The first-order valence-electron chi connectivity index (χ1n) is 13.5. The van der Waals surface area contributed by atoms with Gasteiger partial charge < -0.3 is 30.2 Å². The Morgan fingerprint density at radius 2 is 2.05 bits per heavy atom. The van der Waals surface area contributed by atoms with Crippen LogP contribution in [0.3, 0.4) is 0 Å². The van der Waals surface area contributed by atoms with Crippen LogP contribution < -0.4 is 35.0 Å². The average molecular weight is 524 g/mol. The molecular weight excluding hydrogens is 486 g/mol. The standard InChI is InChI=1S/C29H37N3O4S/c1-28(2)35-23-14-19(13-22(34-3)26(23)36-28)27(33)32(17-21-12-18-8-4-5-9-24(18)37-21)16-20-15-29(30)11-7-6-10-25(29)31-20/h8-9,12-14,20,25,31H,4-7,10-11,15-17,30H2,1-3H3/t20-,25?,29?/m0/s1. The first-order valence-corrected chi connectivity index (χ1v) is 14.3. The maximum atomic E-state index is 14.1. The number of ether oxygens (including phenoxy) is 3. The Morgan fingerprint density at radius 3 is 2.84 bits per heavy atom. The molecule has 0 radical (unpaired) electrons. The van der Waals surface area contributed by atoms with E-state index in [1.54, 1.807) is 30.6 Å². The van der Waals surface area contributed by atoms with Gasteiger partial charge in [-0.15, -0.1) is 11.3 Å². The number of rotatable bonds is 6. The van der Waals surface area contributed by atoms with Gasteiger partial charge in [-0.3, -0.25) is 4.79 Å². The Bertz CT molecular complexity index is 1300. The van der Waals surface area contributed by atoms with E-state index >= 15 is 0 Å². The first kappa shape index (κ1) is 24.8. The summed E-state index contributed by atoms with van der Waals surface area (Å²) in [6.07, 6.45) is 12.2. The summed E-state index contributed by atoms with van der Waals surface area (Å²) in [6, 6.07) is 6.29. The summed E-state index contributed by atoms with van der Waals surface area (Å²) in [5, 5.41) is 5.07. The number of nitrogens with two attached hydrogens (primary N) is 1. The lowest BCUT2D eigenvalue weighted by molar-refractivity contribution is -0.0439. The number of hydrogen-bond acceptors (Lipinski definition) is 7. The number of amides is 1. The lowest BCUT2D eigenvalue weighted by atomic mass is 9.78. The van der Waals surface area contributed by atoms with Crippen molar-refractivity contribution in [2.75, 3.05) is 13.7 Å². The molecule has 4 aliphatic rings. The molecule has 0 bridgehead atoms. The van der Waals surface area contributed by atoms with Crippen molar-refractivity contribution in [2.24, 2.45) is 5.73 Å². The molecule has 2 fully saturated rings. The van der Waals surface area contributed by atoms with Gasteiger partial charge in [0.25, 0.3) is 5.91 Å². The van der Waals surface area contributed by atoms with E-state index in [1.807, 2.05) is 18.7 Å². The van der Waals surface area contributed by atoms with Crippen LogP contribution in [0.5, 0.6) is 17.2 Å². The zero-order chi connectivity index (χ0) is 25.8. The molecule has 0 spiro atoms. The fraction of sp³-hybridized carbons (Fsp3) is 0.552. The van der Waals surface area contributed by atoms with Crippen LogP contribution in [0.25, 0.3) is 12.2 Å². The van der Waals surface area contributed by atoms with E-state index in [-0.39, 0.29) is 17.5 Å². The van der Waals surface area contributed by atoms with E-state index < -0.39 is 5.79 Å². The van der Waals surface area contributed by atoms with Crippen LogP contribution in [0.4, 0.5) is 0 Å². The Labute approximate surface area is 222 Å². The minimum atomic E-state index is -0.806.